The molecule has 0 atom stereocenters. The Labute approximate surface area is 193 Å². The first-order valence-electron chi connectivity index (χ1n) is 11.1. The van der Waals surface area contributed by atoms with Crippen LogP contribution in [0.25, 0.3) is 11.3 Å². The molecule has 1 fully saturated rings. The Bertz CT molecular complexity index is 1220. The van der Waals surface area contributed by atoms with E-state index >= 15 is 0 Å². The standard InChI is InChI=1S/C25H27ClN4O2/c1-17-23(19-7-8-22-18(15-19)9-14-32-22)27-30(16-20-5-3-4-6-21(20)26)25(31)24(17)29-12-10-28(2)11-13-29/h3-8,15H,9-14,16H2,1-2H3. The predicted octanol–water partition coefficient (Wildman–Crippen LogP) is 3.61. The van der Waals surface area contributed by atoms with E-state index in [-0.39, 0.29) is 5.56 Å². The predicted molar refractivity (Wildman–Crippen MR) is 128 cm³/mol. The van der Waals surface area contributed by atoms with Crippen molar-refractivity contribution in [3.8, 4) is 17.0 Å². The molecule has 0 saturated carbocycles. The number of rotatable bonds is 4. The van der Waals surface area contributed by atoms with Crippen LogP contribution in [0.5, 0.6) is 5.75 Å². The zero-order valence-corrected chi connectivity index (χ0v) is 19.2. The Hall–Kier alpha value is -2.83. The normalized spacial score (nSPS) is 16.2. The van der Waals surface area contributed by atoms with Gasteiger partial charge in [-0.05, 0) is 49.4 Å². The first-order valence-corrected chi connectivity index (χ1v) is 11.4. The fraction of sp³-hybridized carbons (Fsp3) is 0.360. The molecule has 1 saturated heterocycles. The maximum Gasteiger partial charge on any atom is 0.290 e. The van der Waals surface area contributed by atoms with E-state index in [4.69, 9.17) is 21.4 Å². The van der Waals surface area contributed by atoms with Gasteiger partial charge in [-0.1, -0.05) is 29.8 Å². The van der Waals surface area contributed by atoms with Crippen molar-refractivity contribution in [2.45, 2.75) is 19.9 Å². The van der Waals surface area contributed by atoms with E-state index in [0.717, 1.165) is 66.4 Å². The number of hydrogen-bond acceptors (Lipinski definition) is 5. The fourth-order valence-corrected chi connectivity index (χ4v) is 4.74. The quantitative estimate of drug-likeness (QED) is 0.607. The maximum absolute atomic E-state index is 13.6. The van der Waals surface area contributed by atoms with Crippen molar-refractivity contribution in [3.63, 3.8) is 0 Å². The van der Waals surface area contributed by atoms with Gasteiger partial charge in [0.1, 0.15) is 11.4 Å². The molecule has 0 aliphatic carbocycles. The van der Waals surface area contributed by atoms with Crippen molar-refractivity contribution in [1.82, 2.24) is 14.7 Å². The third-order valence-corrected chi connectivity index (χ3v) is 6.80. The molecule has 5 rings (SSSR count). The van der Waals surface area contributed by atoms with Gasteiger partial charge in [-0.25, -0.2) is 4.68 Å². The second-order valence-corrected chi connectivity index (χ2v) is 8.99. The van der Waals surface area contributed by atoms with Gasteiger partial charge in [-0.15, -0.1) is 0 Å². The molecule has 0 N–H and O–H groups in total. The molecule has 6 nitrogen and oxygen atoms in total. The number of fused-ring (bicyclic) bond motifs is 1. The Morgan fingerprint density at radius 2 is 1.88 bits per heavy atom. The number of benzene rings is 2. The van der Waals surface area contributed by atoms with E-state index in [1.807, 2.05) is 43.3 Å². The van der Waals surface area contributed by atoms with Gasteiger partial charge < -0.3 is 14.5 Å². The van der Waals surface area contributed by atoms with Crippen molar-refractivity contribution in [3.05, 3.63) is 74.5 Å². The summed E-state index contributed by atoms with van der Waals surface area (Å²) in [4.78, 5) is 18.1. The number of likely N-dealkylation sites (N-methyl/N-ethyl adjacent to an activating group) is 1. The largest absolute Gasteiger partial charge is 0.493 e. The van der Waals surface area contributed by atoms with E-state index in [9.17, 15) is 4.79 Å². The van der Waals surface area contributed by atoms with Crippen LogP contribution in [0, 0.1) is 6.92 Å². The Morgan fingerprint density at radius 1 is 1.09 bits per heavy atom. The van der Waals surface area contributed by atoms with Crippen LogP contribution >= 0.6 is 11.6 Å². The van der Waals surface area contributed by atoms with Gasteiger partial charge in [0.15, 0.2) is 0 Å². The molecule has 1 aromatic heterocycles. The van der Waals surface area contributed by atoms with Crippen LogP contribution < -0.4 is 15.2 Å². The number of nitrogens with zero attached hydrogens (tertiary/aromatic N) is 4. The van der Waals surface area contributed by atoms with Gasteiger partial charge in [0.05, 0.1) is 18.8 Å². The lowest BCUT2D eigenvalue weighted by atomic mass is 10.0. The van der Waals surface area contributed by atoms with Crippen LogP contribution in [0.4, 0.5) is 5.69 Å². The van der Waals surface area contributed by atoms with E-state index in [1.165, 1.54) is 5.56 Å². The molecule has 0 unspecified atom stereocenters. The highest BCUT2D eigenvalue weighted by Gasteiger charge is 2.24. The topological polar surface area (TPSA) is 50.6 Å². The van der Waals surface area contributed by atoms with Gasteiger partial charge in [0.25, 0.3) is 5.56 Å². The van der Waals surface area contributed by atoms with Crippen molar-refractivity contribution in [2.24, 2.45) is 0 Å². The molecule has 0 spiro atoms. The number of ether oxygens (including phenoxy) is 1. The van der Waals surface area contributed by atoms with Crippen molar-refractivity contribution < 1.29 is 4.74 Å². The maximum atomic E-state index is 13.6. The van der Waals surface area contributed by atoms with Crippen LogP contribution in [0.1, 0.15) is 16.7 Å². The Morgan fingerprint density at radius 3 is 2.66 bits per heavy atom. The molecule has 3 heterocycles. The lowest BCUT2D eigenvalue weighted by Crippen LogP contribution is -2.47. The number of anilines is 1. The molecule has 2 aliphatic rings. The van der Waals surface area contributed by atoms with Crippen LogP contribution in [0.3, 0.4) is 0 Å². The van der Waals surface area contributed by atoms with E-state index in [0.29, 0.717) is 18.2 Å². The summed E-state index contributed by atoms with van der Waals surface area (Å²) in [5.41, 5.74) is 5.51. The molecular formula is C25H27ClN4O2. The SMILES string of the molecule is Cc1c(-c2ccc3c(c2)CCO3)nn(Cc2ccccc2Cl)c(=O)c1N1CCN(C)CC1. The molecule has 0 amide bonds. The second-order valence-electron chi connectivity index (χ2n) is 8.59. The van der Waals surface area contributed by atoms with E-state index < -0.39 is 0 Å². The van der Waals surface area contributed by atoms with E-state index in [2.05, 4.69) is 22.9 Å². The molecule has 32 heavy (non-hydrogen) atoms. The highest BCUT2D eigenvalue weighted by atomic mass is 35.5. The minimum atomic E-state index is -0.0692. The van der Waals surface area contributed by atoms with Crippen LogP contribution in [0.2, 0.25) is 5.02 Å². The summed E-state index contributed by atoms with van der Waals surface area (Å²) in [5, 5.41) is 5.48. The average molecular weight is 451 g/mol. The average Bonchev–Trinajstić information content (AvgIpc) is 3.26. The van der Waals surface area contributed by atoms with Gasteiger partial charge in [0, 0.05) is 48.7 Å². The molecule has 166 valence electrons. The third kappa shape index (κ3) is 3.89. The van der Waals surface area contributed by atoms with E-state index in [1.54, 1.807) is 4.68 Å². The fourth-order valence-electron chi connectivity index (χ4n) is 4.54. The molecular weight excluding hydrogens is 424 g/mol. The zero-order valence-electron chi connectivity index (χ0n) is 18.5. The minimum Gasteiger partial charge on any atom is -0.493 e. The summed E-state index contributed by atoms with van der Waals surface area (Å²) in [6.45, 7) is 6.56. The number of aromatic nitrogens is 2. The monoisotopic (exact) mass is 450 g/mol. The smallest absolute Gasteiger partial charge is 0.290 e. The van der Waals surface area contributed by atoms with Crippen molar-refractivity contribution in [2.75, 3.05) is 44.7 Å². The van der Waals surface area contributed by atoms with Crippen LogP contribution in [0.15, 0.2) is 47.3 Å². The second kappa shape index (κ2) is 8.60. The Balaban J connectivity index is 1.65. The summed E-state index contributed by atoms with van der Waals surface area (Å²) in [6, 6.07) is 13.8. The first-order chi connectivity index (χ1) is 15.5. The number of piperazine rings is 1. The highest BCUT2D eigenvalue weighted by molar-refractivity contribution is 6.31. The number of halogens is 1. The van der Waals surface area contributed by atoms with Gasteiger partial charge in [-0.3, -0.25) is 4.79 Å². The summed E-state index contributed by atoms with van der Waals surface area (Å²) < 4.78 is 7.25. The lowest BCUT2D eigenvalue weighted by Gasteiger charge is -2.34. The number of hydrogen-bond donors (Lipinski definition) is 0. The lowest BCUT2D eigenvalue weighted by molar-refractivity contribution is 0.312. The van der Waals surface area contributed by atoms with Crippen molar-refractivity contribution in [1.29, 1.82) is 0 Å². The minimum absolute atomic E-state index is 0.0692. The summed E-state index contributed by atoms with van der Waals surface area (Å²) in [5.74, 6) is 0.940. The summed E-state index contributed by atoms with van der Waals surface area (Å²) in [7, 11) is 2.12. The molecule has 2 aromatic carbocycles. The zero-order chi connectivity index (χ0) is 22.2. The van der Waals surface area contributed by atoms with Crippen LogP contribution in [-0.4, -0.2) is 54.5 Å². The molecule has 2 aliphatic heterocycles. The molecule has 7 heteroatoms. The van der Waals surface area contributed by atoms with Gasteiger partial charge in [-0.2, -0.15) is 5.10 Å². The molecule has 0 radical (unpaired) electrons. The first kappa shape index (κ1) is 21.0. The highest BCUT2D eigenvalue weighted by Crippen LogP contribution is 2.33. The molecule has 3 aromatic rings. The summed E-state index contributed by atoms with van der Waals surface area (Å²) in [6.07, 6.45) is 0.896. The third-order valence-electron chi connectivity index (χ3n) is 6.43. The molecule has 0 bridgehead atoms. The summed E-state index contributed by atoms with van der Waals surface area (Å²) >= 11 is 6.41. The van der Waals surface area contributed by atoms with Gasteiger partial charge >= 0.3 is 0 Å². The van der Waals surface area contributed by atoms with Gasteiger partial charge in [0.2, 0.25) is 0 Å². The Kier molecular flexibility index (Phi) is 5.66. The van der Waals surface area contributed by atoms with Crippen LogP contribution in [-0.2, 0) is 13.0 Å². The van der Waals surface area contributed by atoms with Crippen molar-refractivity contribution >= 4 is 17.3 Å².